The number of nitrogens with one attached hydrogen (secondary N) is 1. The summed E-state index contributed by atoms with van der Waals surface area (Å²) >= 11 is 0. The maximum absolute atomic E-state index is 4.77. The van der Waals surface area contributed by atoms with Gasteiger partial charge in [-0.15, -0.1) is 0 Å². The van der Waals surface area contributed by atoms with E-state index in [1.54, 1.807) is 6.26 Å². The molecule has 3 heteroatoms. The van der Waals surface area contributed by atoms with Crippen LogP contribution in [0.1, 0.15) is 45.7 Å². The molecular formula is C12H22N2O. The van der Waals surface area contributed by atoms with Crippen LogP contribution in [0, 0.1) is 5.92 Å². The highest BCUT2D eigenvalue weighted by atomic mass is 16.5. The van der Waals surface area contributed by atoms with Gasteiger partial charge in [0.15, 0.2) is 0 Å². The van der Waals surface area contributed by atoms with Crippen LogP contribution >= 0.6 is 0 Å². The zero-order valence-corrected chi connectivity index (χ0v) is 9.99. The van der Waals surface area contributed by atoms with Crippen molar-refractivity contribution in [2.75, 3.05) is 0 Å². The Morgan fingerprint density at radius 2 is 2.13 bits per heavy atom. The fourth-order valence-corrected chi connectivity index (χ4v) is 1.54. The van der Waals surface area contributed by atoms with Crippen LogP contribution in [-0.2, 0) is 6.54 Å². The fraction of sp³-hybridized carbons (Fsp3) is 0.750. The Bertz CT molecular complexity index is 244. The van der Waals surface area contributed by atoms with E-state index in [0.29, 0.717) is 6.04 Å². The minimum absolute atomic E-state index is 0.556. The van der Waals surface area contributed by atoms with E-state index in [2.05, 4.69) is 31.2 Å². The van der Waals surface area contributed by atoms with Gasteiger partial charge in [-0.25, -0.2) is 0 Å². The van der Waals surface area contributed by atoms with E-state index in [1.807, 2.05) is 6.07 Å². The predicted molar refractivity (Wildman–Crippen MR) is 61.5 cm³/mol. The van der Waals surface area contributed by atoms with Crippen LogP contribution in [-0.4, -0.2) is 11.2 Å². The molecule has 1 aromatic heterocycles. The van der Waals surface area contributed by atoms with Crippen molar-refractivity contribution in [3.05, 3.63) is 18.0 Å². The molecule has 0 radical (unpaired) electrons. The lowest BCUT2D eigenvalue weighted by Crippen LogP contribution is -2.25. The van der Waals surface area contributed by atoms with Crippen LogP contribution < -0.4 is 5.32 Å². The first kappa shape index (κ1) is 12.2. The van der Waals surface area contributed by atoms with Gasteiger partial charge in [-0.3, -0.25) is 0 Å². The first-order valence-corrected chi connectivity index (χ1v) is 5.81. The summed E-state index contributed by atoms with van der Waals surface area (Å²) in [7, 11) is 0. The van der Waals surface area contributed by atoms with Crippen LogP contribution in [0.4, 0.5) is 0 Å². The molecule has 3 nitrogen and oxygen atoms in total. The van der Waals surface area contributed by atoms with Crippen molar-refractivity contribution in [2.45, 2.75) is 52.6 Å². The Kier molecular flexibility index (Phi) is 5.40. The molecule has 0 aromatic carbocycles. The molecule has 1 unspecified atom stereocenters. The summed E-state index contributed by atoms with van der Waals surface area (Å²) in [5, 5.41) is 7.30. The molecule has 0 bridgehead atoms. The minimum Gasteiger partial charge on any atom is -0.364 e. The highest BCUT2D eigenvalue weighted by molar-refractivity contribution is 4.94. The topological polar surface area (TPSA) is 38.1 Å². The normalized spacial score (nSPS) is 13.3. The van der Waals surface area contributed by atoms with E-state index in [4.69, 9.17) is 4.52 Å². The maximum atomic E-state index is 4.77. The van der Waals surface area contributed by atoms with Gasteiger partial charge in [-0.05, 0) is 19.3 Å². The molecule has 1 aromatic rings. The summed E-state index contributed by atoms with van der Waals surface area (Å²) in [5.41, 5.74) is 0.978. The summed E-state index contributed by atoms with van der Waals surface area (Å²) < 4.78 is 4.77. The van der Waals surface area contributed by atoms with Crippen LogP contribution in [0.15, 0.2) is 16.9 Å². The second kappa shape index (κ2) is 6.62. The van der Waals surface area contributed by atoms with Gasteiger partial charge in [0.05, 0.1) is 5.69 Å². The van der Waals surface area contributed by atoms with Crippen LogP contribution in [0.5, 0.6) is 0 Å². The summed E-state index contributed by atoms with van der Waals surface area (Å²) in [6, 6.07) is 2.45. The van der Waals surface area contributed by atoms with Gasteiger partial charge in [0.1, 0.15) is 6.26 Å². The average molecular weight is 210 g/mol. The van der Waals surface area contributed by atoms with E-state index < -0.39 is 0 Å². The van der Waals surface area contributed by atoms with Crippen LogP contribution in [0.3, 0.4) is 0 Å². The molecule has 0 aliphatic heterocycles. The van der Waals surface area contributed by atoms with Gasteiger partial charge < -0.3 is 9.84 Å². The molecule has 0 aliphatic carbocycles. The Labute approximate surface area is 92.2 Å². The smallest absolute Gasteiger partial charge is 0.124 e. The van der Waals surface area contributed by atoms with Crippen molar-refractivity contribution in [1.29, 1.82) is 0 Å². The second-order valence-electron chi connectivity index (χ2n) is 4.60. The molecule has 86 valence electrons. The highest BCUT2D eigenvalue weighted by Gasteiger charge is 2.03. The first-order chi connectivity index (χ1) is 7.18. The molecule has 0 aliphatic rings. The molecular weight excluding hydrogens is 188 g/mol. The predicted octanol–water partition coefficient (Wildman–Crippen LogP) is 2.98. The zero-order valence-electron chi connectivity index (χ0n) is 9.99. The summed E-state index contributed by atoms with van der Waals surface area (Å²) in [6.45, 7) is 7.57. The van der Waals surface area contributed by atoms with Crippen molar-refractivity contribution in [1.82, 2.24) is 10.5 Å². The largest absolute Gasteiger partial charge is 0.364 e. The Morgan fingerprint density at radius 1 is 1.33 bits per heavy atom. The lowest BCUT2D eigenvalue weighted by atomic mass is 10.0. The molecule has 1 atom stereocenters. The fourth-order valence-electron chi connectivity index (χ4n) is 1.54. The zero-order chi connectivity index (χ0) is 11.1. The third-order valence-corrected chi connectivity index (χ3v) is 2.54. The molecule has 1 rings (SSSR count). The number of rotatable bonds is 7. The van der Waals surface area contributed by atoms with Crippen molar-refractivity contribution >= 4 is 0 Å². The van der Waals surface area contributed by atoms with Gasteiger partial charge in [0.25, 0.3) is 0 Å². The lowest BCUT2D eigenvalue weighted by Gasteiger charge is -2.13. The van der Waals surface area contributed by atoms with Crippen LogP contribution in [0.2, 0.25) is 0 Å². The maximum Gasteiger partial charge on any atom is 0.124 e. The van der Waals surface area contributed by atoms with Gasteiger partial charge in [0.2, 0.25) is 0 Å². The third kappa shape index (κ3) is 5.57. The lowest BCUT2D eigenvalue weighted by molar-refractivity contribution is 0.401. The van der Waals surface area contributed by atoms with E-state index in [9.17, 15) is 0 Å². The van der Waals surface area contributed by atoms with Gasteiger partial charge in [-0.1, -0.05) is 31.8 Å². The molecule has 15 heavy (non-hydrogen) atoms. The molecule has 0 fully saturated rings. The van der Waals surface area contributed by atoms with Crippen molar-refractivity contribution < 1.29 is 4.52 Å². The Hall–Kier alpha value is -0.830. The molecule has 1 N–H and O–H groups in total. The van der Waals surface area contributed by atoms with E-state index in [1.165, 1.54) is 19.3 Å². The third-order valence-electron chi connectivity index (χ3n) is 2.54. The second-order valence-corrected chi connectivity index (χ2v) is 4.60. The SMILES string of the molecule is CC(C)CCCC(C)NCc1ccon1. The highest BCUT2D eigenvalue weighted by Crippen LogP contribution is 2.08. The van der Waals surface area contributed by atoms with E-state index in [0.717, 1.165) is 18.2 Å². The molecule has 0 saturated heterocycles. The Morgan fingerprint density at radius 3 is 2.73 bits per heavy atom. The summed E-state index contributed by atoms with van der Waals surface area (Å²) in [4.78, 5) is 0. The Balaban J connectivity index is 2.06. The molecule has 0 spiro atoms. The summed E-state index contributed by atoms with van der Waals surface area (Å²) in [6.07, 6.45) is 5.46. The van der Waals surface area contributed by atoms with E-state index >= 15 is 0 Å². The monoisotopic (exact) mass is 210 g/mol. The number of hydrogen-bond donors (Lipinski definition) is 1. The molecule has 0 saturated carbocycles. The molecule has 0 amide bonds. The number of aromatic nitrogens is 1. The molecule has 1 heterocycles. The minimum atomic E-state index is 0.556. The average Bonchev–Trinajstić information content (AvgIpc) is 2.66. The van der Waals surface area contributed by atoms with Crippen LogP contribution in [0.25, 0.3) is 0 Å². The van der Waals surface area contributed by atoms with Crippen molar-refractivity contribution in [2.24, 2.45) is 5.92 Å². The quantitative estimate of drug-likeness (QED) is 0.752. The van der Waals surface area contributed by atoms with E-state index in [-0.39, 0.29) is 0 Å². The first-order valence-electron chi connectivity index (χ1n) is 5.81. The van der Waals surface area contributed by atoms with Gasteiger partial charge in [0, 0.05) is 18.7 Å². The van der Waals surface area contributed by atoms with Gasteiger partial charge >= 0.3 is 0 Å². The van der Waals surface area contributed by atoms with Crippen molar-refractivity contribution in [3.63, 3.8) is 0 Å². The standard InChI is InChI=1S/C12H22N2O/c1-10(2)5-4-6-11(3)13-9-12-7-8-15-14-12/h7-8,10-11,13H,4-6,9H2,1-3H3. The number of nitrogens with zero attached hydrogens (tertiary/aromatic N) is 1. The van der Waals surface area contributed by atoms with Crippen molar-refractivity contribution in [3.8, 4) is 0 Å². The summed E-state index contributed by atoms with van der Waals surface area (Å²) in [5.74, 6) is 0.813. The van der Waals surface area contributed by atoms with Gasteiger partial charge in [-0.2, -0.15) is 0 Å². The number of hydrogen-bond acceptors (Lipinski definition) is 3.